The molecule has 0 saturated carbocycles. The van der Waals surface area contributed by atoms with Gasteiger partial charge in [0.05, 0.1) is 31.9 Å². The van der Waals surface area contributed by atoms with Gasteiger partial charge in [-0.05, 0) is 32.9 Å². The van der Waals surface area contributed by atoms with E-state index in [2.05, 4.69) is 25.3 Å². The number of anilines is 2. The van der Waals surface area contributed by atoms with Crippen molar-refractivity contribution < 1.29 is 27.8 Å². The van der Waals surface area contributed by atoms with Gasteiger partial charge in [0.25, 0.3) is 6.43 Å². The summed E-state index contributed by atoms with van der Waals surface area (Å²) >= 11 is 0. The van der Waals surface area contributed by atoms with Crippen LogP contribution in [-0.4, -0.2) is 88.7 Å². The number of hydrogen-bond acceptors (Lipinski definition) is 10. The Kier molecular flexibility index (Phi) is 7.01. The molecule has 14 heteroatoms. The average Bonchev–Trinajstić information content (AvgIpc) is 3.25. The second-order valence-corrected chi connectivity index (χ2v) is 9.93. The summed E-state index contributed by atoms with van der Waals surface area (Å²) in [5, 5.41) is 3.13. The molecule has 0 bridgehead atoms. The quantitative estimate of drug-likeness (QED) is 0.507. The molecule has 1 aromatic carbocycles. The zero-order valence-corrected chi connectivity index (χ0v) is 21.6. The van der Waals surface area contributed by atoms with Crippen molar-refractivity contribution in [3.63, 3.8) is 0 Å². The summed E-state index contributed by atoms with van der Waals surface area (Å²) in [6.07, 6.45) is -3.57. The highest BCUT2D eigenvalue weighted by atomic mass is 19.3. The number of benzene rings is 1. The van der Waals surface area contributed by atoms with Gasteiger partial charge in [0.2, 0.25) is 17.8 Å². The molecule has 2 aliphatic rings. The van der Waals surface area contributed by atoms with Crippen LogP contribution in [0.3, 0.4) is 0 Å². The number of para-hydroxylation sites is 1. The van der Waals surface area contributed by atoms with E-state index in [0.29, 0.717) is 50.7 Å². The Balaban J connectivity index is 1.71. The number of hydrogen-bond donors (Lipinski definition) is 1. The van der Waals surface area contributed by atoms with Crippen LogP contribution in [0, 0.1) is 0 Å². The first-order valence-electron chi connectivity index (χ1n) is 12.3. The summed E-state index contributed by atoms with van der Waals surface area (Å²) in [5.41, 5.74) is -0.193. The first-order valence-corrected chi connectivity index (χ1v) is 12.3. The van der Waals surface area contributed by atoms with Crippen LogP contribution in [0.5, 0.6) is 5.75 Å². The molecule has 12 nitrogen and oxygen atoms in total. The van der Waals surface area contributed by atoms with E-state index in [9.17, 15) is 13.6 Å². The van der Waals surface area contributed by atoms with Gasteiger partial charge in [0, 0.05) is 26.2 Å². The average molecular weight is 533 g/mol. The minimum Gasteiger partial charge on any atom is -0.494 e. The van der Waals surface area contributed by atoms with Crippen molar-refractivity contribution in [1.29, 1.82) is 0 Å². The smallest absolute Gasteiger partial charge is 0.417 e. The van der Waals surface area contributed by atoms with Crippen molar-refractivity contribution in [3.05, 3.63) is 24.0 Å². The molecule has 1 N–H and O–H groups in total. The third kappa shape index (κ3) is 5.05. The number of rotatable bonds is 6. The monoisotopic (exact) mass is 532 g/mol. The number of methoxy groups -OCH3 is 1. The zero-order chi connectivity index (χ0) is 27.0. The molecular formula is C24H30F2N8O4. The van der Waals surface area contributed by atoms with E-state index in [1.807, 2.05) is 4.90 Å². The largest absolute Gasteiger partial charge is 0.494 e. The number of fused-ring (bicyclic) bond motifs is 1. The molecule has 0 spiro atoms. The van der Waals surface area contributed by atoms with Crippen molar-refractivity contribution in [3.8, 4) is 11.7 Å². The number of nitrogens with zero attached hydrogens (tertiary/aromatic N) is 7. The highest BCUT2D eigenvalue weighted by Gasteiger charge is 2.36. The number of nitrogens with one attached hydrogen (secondary N) is 1. The van der Waals surface area contributed by atoms with Crippen LogP contribution in [0.4, 0.5) is 25.5 Å². The number of amides is 1. The third-order valence-corrected chi connectivity index (χ3v) is 6.11. The van der Waals surface area contributed by atoms with E-state index in [-0.39, 0.29) is 29.4 Å². The topological polar surface area (TPSA) is 120 Å². The van der Waals surface area contributed by atoms with Gasteiger partial charge in [-0.15, -0.1) is 0 Å². The molecule has 0 aliphatic carbocycles. The molecule has 0 atom stereocenters. The third-order valence-electron chi connectivity index (χ3n) is 6.11. The van der Waals surface area contributed by atoms with Gasteiger partial charge in [-0.2, -0.15) is 15.0 Å². The lowest BCUT2D eigenvalue weighted by Crippen LogP contribution is -2.60. The number of carbonyl (C=O) groups is 1. The molecule has 5 rings (SSSR count). The van der Waals surface area contributed by atoms with Gasteiger partial charge in [0.1, 0.15) is 16.9 Å². The molecule has 1 amide bonds. The van der Waals surface area contributed by atoms with Crippen LogP contribution in [-0.2, 0) is 9.47 Å². The van der Waals surface area contributed by atoms with E-state index in [0.717, 1.165) is 0 Å². The number of imidazole rings is 1. The van der Waals surface area contributed by atoms with Crippen molar-refractivity contribution >= 4 is 29.0 Å². The summed E-state index contributed by atoms with van der Waals surface area (Å²) in [4.78, 5) is 34.4. The zero-order valence-electron chi connectivity index (χ0n) is 21.6. The van der Waals surface area contributed by atoms with Crippen molar-refractivity contribution in [1.82, 2.24) is 29.8 Å². The van der Waals surface area contributed by atoms with Crippen LogP contribution in [0.25, 0.3) is 17.0 Å². The van der Waals surface area contributed by atoms with Crippen molar-refractivity contribution in [2.24, 2.45) is 0 Å². The molecule has 3 aromatic rings. The normalized spacial score (nSPS) is 16.6. The second kappa shape index (κ2) is 10.3. The molecule has 2 aromatic heterocycles. The number of halogens is 2. The van der Waals surface area contributed by atoms with E-state index >= 15 is 0 Å². The van der Waals surface area contributed by atoms with E-state index < -0.39 is 23.9 Å². The Morgan fingerprint density at radius 1 is 1.13 bits per heavy atom. The summed E-state index contributed by atoms with van der Waals surface area (Å²) in [6, 6.07) is 4.66. The molecule has 4 heterocycles. The second-order valence-electron chi connectivity index (χ2n) is 9.93. The van der Waals surface area contributed by atoms with E-state index in [1.54, 1.807) is 39.0 Å². The maximum atomic E-state index is 14.3. The van der Waals surface area contributed by atoms with Crippen LogP contribution < -0.4 is 19.9 Å². The lowest BCUT2D eigenvalue weighted by Gasteiger charge is -2.37. The van der Waals surface area contributed by atoms with Gasteiger partial charge >= 0.3 is 6.09 Å². The highest BCUT2D eigenvalue weighted by Crippen LogP contribution is 2.33. The molecule has 0 unspecified atom stereocenters. The summed E-state index contributed by atoms with van der Waals surface area (Å²) < 4.78 is 46.2. The number of ether oxygens (including phenoxy) is 3. The molecule has 2 saturated heterocycles. The SMILES string of the molecule is COc1cccc2c1nc(C(F)F)n2-c1nc(N2CCOCC2)nc(N(C(=O)OC(C)(C)C)C2CNC2)n1. The molecular weight excluding hydrogens is 502 g/mol. The highest BCUT2D eigenvalue weighted by molar-refractivity contribution is 5.87. The van der Waals surface area contributed by atoms with Gasteiger partial charge < -0.3 is 24.4 Å². The Morgan fingerprint density at radius 3 is 2.45 bits per heavy atom. The Hall–Kier alpha value is -3.65. The summed E-state index contributed by atoms with van der Waals surface area (Å²) in [7, 11) is 1.44. The maximum Gasteiger partial charge on any atom is 0.417 e. The number of alkyl halides is 2. The van der Waals surface area contributed by atoms with E-state index in [1.165, 1.54) is 16.6 Å². The van der Waals surface area contributed by atoms with Crippen LogP contribution in [0.2, 0.25) is 0 Å². The fraction of sp³-hybridized carbons (Fsp3) is 0.542. The first kappa shape index (κ1) is 26.0. The lowest BCUT2D eigenvalue weighted by atomic mass is 10.1. The van der Waals surface area contributed by atoms with Crippen LogP contribution in [0.15, 0.2) is 18.2 Å². The molecule has 204 valence electrons. The fourth-order valence-corrected chi connectivity index (χ4v) is 4.23. The minimum atomic E-state index is -2.93. The van der Waals surface area contributed by atoms with Crippen LogP contribution >= 0.6 is 0 Å². The van der Waals surface area contributed by atoms with Crippen molar-refractivity contribution in [2.75, 3.05) is 56.3 Å². The van der Waals surface area contributed by atoms with Gasteiger partial charge in [-0.3, -0.25) is 4.57 Å². The molecule has 2 fully saturated rings. The standard InChI is InChI=1S/C24H30F2N8O4/c1-24(2,3)38-23(35)33(14-12-27-13-14)21-29-20(32-8-10-37-11-9-32)30-22(31-21)34-15-6-5-7-16(36-4)17(15)28-19(34)18(25)26/h5-7,14,18,27H,8-13H2,1-4H3. The fourth-order valence-electron chi connectivity index (χ4n) is 4.23. The van der Waals surface area contributed by atoms with E-state index in [4.69, 9.17) is 14.2 Å². The van der Waals surface area contributed by atoms with Crippen LogP contribution in [0.1, 0.15) is 33.0 Å². The summed E-state index contributed by atoms with van der Waals surface area (Å²) in [5.74, 6) is -0.0739. The van der Waals surface area contributed by atoms with Gasteiger partial charge in [0.15, 0.2) is 5.82 Å². The molecule has 38 heavy (non-hydrogen) atoms. The maximum absolute atomic E-state index is 14.3. The number of morpholine rings is 1. The Labute approximate surface area is 217 Å². The first-order chi connectivity index (χ1) is 18.2. The summed E-state index contributed by atoms with van der Waals surface area (Å²) in [6.45, 7) is 8.17. The predicted molar refractivity (Wildman–Crippen MR) is 134 cm³/mol. The number of carbonyl (C=O) groups excluding carboxylic acids is 1. The van der Waals surface area contributed by atoms with Crippen molar-refractivity contribution in [2.45, 2.75) is 38.8 Å². The minimum absolute atomic E-state index is 0.00204. The van der Waals surface area contributed by atoms with Gasteiger partial charge in [-0.25, -0.2) is 23.5 Å². The Bertz CT molecular complexity index is 1320. The van der Waals surface area contributed by atoms with Gasteiger partial charge in [-0.1, -0.05) is 6.07 Å². The molecule has 2 aliphatic heterocycles. The lowest BCUT2D eigenvalue weighted by molar-refractivity contribution is 0.0551. The predicted octanol–water partition coefficient (Wildman–Crippen LogP) is 2.71. The Morgan fingerprint density at radius 2 is 1.84 bits per heavy atom. The molecule has 0 radical (unpaired) electrons. The number of aromatic nitrogens is 5.